The first kappa shape index (κ1) is 17.7. The van der Waals surface area contributed by atoms with Gasteiger partial charge >= 0.3 is 6.03 Å². The van der Waals surface area contributed by atoms with Crippen LogP contribution in [0.4, 0.5) is 4.79 Å². The van der Waals surface area contributed by atoms with Crippen LogP contribution in [-0.4, -0.2) is 58.5 Å². The lowest BCUT2D eigenvalue weighted by molar-refractivity contribution is 0.0827. The second kappa shape index (κ2) is 7.76. The maximum atomic E-state index is 12.0. The van der Waals surface area contributed by atoms with Crippen molar-refractivity contribution >= 4 is 23.0 Å². The maximum absolute atomic E-state index is 12.0. The molecule has 0 unspecified atom stereocenters. The summed E-state index contributed by atoms with van der Waals surface area (Å²) in [5.74, 6) is -0.0742. The van der Waals surface area contributed by atoms with E-state index in [4.69, 9.17) is 0 Å². The predicted molar refractivity (Wildman–Crippen MR) is 91.8 cm³/mol. The second-order valence-electron chi connectivity index (χ2n) is 5.93. The van der Waals surface area contributed by atoms with E-state index in [1.165, 1.54) is 4.90 Å². The van der Waals surface area contributed by atoms with Crippen molar-refractivity contribution in [3.8, 4) is 0 Å². The maximum Gasteiger partial charge on any atom is 0.315 e. The Balaban J connectivity index is 1.98. The van der Waals surface area contributed by atoms with Gasteiger partial charge in [-0.3, -0.25) is 4.79 Å². The van der Waals surface area contributed by atoms with Crippen LogP contribution in [0.25, 0.3) is 11.0 Å². The van der Waals surface area contributed by atoms with E-state index in [1.807, 2.05) is 19.9 Å². The van der Waals surface area contributed by atoms with Gasteiger partial charge in [0, 0.05) is 32.2 Å². The van der Waals surface area contributed by atoms with E-state index in [0.29, 0.717) is 24.2 Å². The molecular weight excluding hydrogens is 308 g/mol. The van der Waals surface area contributed by atoms with Crippen LogP contribution in [0.1, 0.15) is 30.6 Å². The number of rotatable bonds is 6. The summed E-state index contributed by atoms with van der Waals surface area (Å²) in [6.45, 7) is 4.92. The summed E-state index contributed by atoms with van der Waals surface area (Å²) in [7, 11) is 3.42. The van der Waals surface area contributed by atoms with Crippen LogP contribution in [0.5, 0.6) is 0 Å². The summed E-state index contributed by atoms with van der Waals surface area (Å²) < 4.78 is 1.71. The molecule has 0 saturated heterocycles. The van der Waals surface area contributed by atoms with Gasteiger partial charge in [-0.1, -0.05) is 12.1 Å². The van der Waals surface area contributed by atoms with Crippen LogP contribution in [0.15, 0.2) is 18.2 Å². The molecule has 0 fully saturated rings. The first-order chi connectivity index (χ1) is 11.4. The molecule has 1 aromatic carbocycles. The quantitative estimate of drug-likeness (QED) is 0.832. The monoisotopic (exact) mass is 332 g/mol. The Morgan fingerprint density at radius 1 is 1.33 bits per heavy atom. The number of carbonyl (C=O) groups excluding carboxylic acids is 2. The summed E-state index contributed by atoms with van der Waals surface area (Å²) in [5.41, 5.74) is 2.06. The Hall–Kier alpha value is -2.64. The van der Waals surface area contributed by atoms with Gasteiger partial charge in [-0.25, -0.2) is 9.48 Å². The van der Waals surface area contributed by atoms with Gasteiger partial charge in [0.05, 0.1) is 12.1 Å². The fourth-order valence-electron chi connectivity index (χ4n) is 2.18. The molecule has 0 aliphatic carbocycles. The number of nitrogens with one attached hydrogen (secondary N) is 2. The lowest BCUT2D eigenvalue weighted by Gasteiger charge is -2.12. The summed E-state index contributed by atoms with van der Waals surface area (Å²) >= 11 is 0. The lowest BCUT2D eigenvalue weighted by atomic mass is 10.2. The molecule has 8 heteroatoms. The van der Waals surface area contributed by atoms with Crippen molar-refractivity contribution in [2.24, 2.45) is 0 Å². The van der Waals surface area contributed by atoms with E-state index in [1.54, 1.807) is 30.9 Å². The van der Waals surface area contributed by atoms with E-state index in [2.05, 4.69) is 20.9 Å². The number of urea groups is 1. The van der Waals surface area contributed by atoms with Crippen molar-refractivity contribution in [2.75, 3.05) is 20.6 Å². The van der Waals surface area contributed by atoms with Gasteiger partial charge < -0.3 is 15.5 Å². The van der Waals surface area contributed by atoms with Crippen molar-refractivity contribution in [3.05, 3.63) is 23.8 Å². The van der Waals surface area contributed by atoms with Gasteiger partial charge in [0.1, 0.15) is 5.52 Å². The summed E-state index contributed by atoms with van der Waals surface area (Å²) in [4.78, 5) is 25.2. The SMILES string of the molecule is CC[C@@H](C)NC(=O)NCCn1nnc2cc(C(=O)N(C)C)ccc21. The number of nitrogens with zero attached hydrogens (tertiary/aromatic N) is 4. The molecule has 2 rings (SSSR count). The molecule has 2 N–H and O–H groups in total. The molecule has 0 aliphatic heterocycles. The minimum absolute atomic E-state index is 0.0742. The van der Waals surface area contributed by atoms with E-state index < -0.39 is 0 Å². The molecule has 0 bridgehead atoms. The van der Waals surface area contributed by atoms with E-state index in [0.717, 1.165) is 11.9 Å². The van der Waals surface area contributed by atoms with E-state index in [-0.39, 0.29) is 18.0 Å². The third-order valence-corrected chi connectivity index (χ3v) is 3.77. The van der Waals surface area contributed by atoms with Gasteiger partial charge in [-0.2, -0.15) is 0 Å². The highest BCUT2D eigenvalue weighted by atomic mass is 16.2. The predicted octanol–water partition coefficient (Wildman–Crippen LogP) is 1.23. The normalized spacial score (nSPS) is 12.0. The number of amides is 3. The summed E-state index contributed by atoms with van der Waals surface area (Å²) in [6.07, 6.45) is 0.884. The number of hydrogen-bond acceptors (Lipinski definition) is 4. The van der Waals surface area contributed by atoms with Crippen LogP contribution >= 0.6 is 0 Å². The Labute approximate surface area is 141 Å². The fraction of sp³-hybridized carbons (Fsp3) is 0.500. The number of aromatic nitrogens is 3. The summed E-state index contributed by atoms with van der Waals surface area (Å²) in [5, 5.41) is 13.8. The molecule has 1 aromatic heterocycles. The minimum atomic E-state index is -0.187. The summed E-state index contributed by atoms with van der Waals surface area (Å²) in [6, 6.07) is 5.26. The Morgan fingerprint density at radius 3 is 2.75 bits per heavy atom. The van der Waals surface area contributed by atoms with Crippen LogP contribution in [0.2, 0.25) is 0 Å². The van der Waals surface area contributed by atoms with Crippen molar-refractivity contribution in [3.63, 3.8) is 0 Å². The molecule has 24 heavy (non-hydrogen) atoms. The van der Waals surface area contributed by atoms with Crippen molar-refractivity contribution < 1.29 is 9.59 Å². The molecule has 130 valence electrons. The first-order valence-electron chi connectivity index (χ1n) is 8.01. The largest absolute Gasteiger partial charge is 0.345 e. The Kier molecular flexibility index (Phi) is 5.73. The molecule has 0 aliphatic rings. The van der Waals surface area contributed by atoms with Gasteiger partial charge in [-0.05, 0) is 31.5 Å². The van der Waals surface area contributed by atoms with Gasteiger partial charge in [0.2, 0.25) is 0 Å². The Bertz CT molecular complexity index is 724. The number of fused-ring (bicyclic) bond motifs is 1. The van der Waals surface area contributed by atoms with E-state index in [9.17, 15) is 9.59 Å². The van der Waals surface area contributed by atoms with Crippen molar-refractivity contribution in [1.82, 2.24) is 30.5 Å². The van der Waals surface area contributed by atoms with Crippen LogP contribution < -0.4 is 10.6 Å². The first-order valence-corrected chi connectivity index (χ1v) is 8.01. The number of hydrogen-bond donors (Lipinski definition) is 2. The van der Waals surface area contributed by atoms with E-state index >= 15 is 0 Å². The third-order valence-electron chi connectivity index (χ3n) is 3.77. The average molecular weight is 332 g/mol. The number of carbonyl (C=O) groups is 2. The molecule has 3 amide bonds. The zero-order chi connectivity index (χ0) is 17.7. The standard InChI is InChI=1S/C16H24N6O2/c1-5-11(2)18-16(24)17-8-9-22-14-7-6-12(15(23)21(3)4)10-13(14)19-20-22/h6-7,10-11H,5,8-9H2,1-4H3,(H2,17,18,24)/t11-/m1/s1. The average Bonchev–Trinajstić information content (AvgIpc) is 2.96. The zero-order valence-electron chi connectivity index (χ0n) is 14.5. The molecular formula is C16H24N6O2. The molecule has 0 saturated carbocycles. The van der Waals surface area contributed by atoms with Crippen molar-refractivity contribution in [2.45, 2.75) is 32.9 Å². The molecule has 2 aromatic rings. The van der Waals surface area contributed by atoms with Crippen molar-refractivity contribution in [1.29, 1.82) is 0 Å². The lowest BCUT2D eigenvalue weighted by Crippen LogP contribution is -2.41. The molecule has 8 nitrogen and oxygen atoms in total. The van der Waals surface area contributed by atoms with Crippen LogP contribution in [-0.2, 0) is 6.54 Å². The molecule has 0 spiro atoms. The van der Waals surface area contributed by atoms with Crippen LogP contribution in [0, 0.1) is 0 Å². The topological polar surface area (TPSA) is 92.1 Å². The van der Waals surface area contributed by atoms with Gasteiger partial charge in [0.15, 0.2) is 0 Å². The van der Waals surface area contributed by atoms with Gasteiger partial charge in [0.25, 0.3) is 5.91 Å². The molecule has 1 atom stereocenters. The Morgan fingerprint density at radius 2 is 2.08 bits per heavy atom. The molecule has 1 heterocycles. The fourth-order valence-corrected chi connectivity index (χ4v) is 2.18. The smallest absolute Gasteiger partial charge is 0.315 e. The molecule has 0 radical (unpaired) electrons. The van der Waals surface area contributed by atoms with Gasteiger partial charge in [-0.15, -0.1) is 5.10 Å². The highest BCUT2D eigenvalue weighted by molar-refractivity contribution is 5.97. The third kappa shape index (κ3) is 4.21. The highest BCUT2D eigenvalue weighted by Crippen LogP contribution is 2.14. The van der Waals surface area contributed by atoms with Crippen LogP contribution in [0.3, 0.4) is 0 Å². The minimum Gasteiger partial charge on any atom is -0.345 e. The second-order valence-corrected chi connectivity index (χ2v) is 5.93. The zero-order valence-corrected chi connectivity index (χ0v) is 14.5. The number of benzene rings is 1. The highest BCUT2D eigenvalue weighted by Gasteiger charge is 2.12.